The first-order valence-electron chi connectivity index (χ1n) is 9.54. The fraction of sp³-hybridized carbons (Fsp3) is 0.263. The van der Waals surface area contributed by atoms with Crippen molar-refractivity contribution in [2.75, 3.05) is 18.4 Å². The molecule has 4 rings (SSSR count). The van der Waals surface area contributed by atoms with Gasteiger partial charge in [0.05, 0.1) is 20.0 Å². The maximum Gasteiger partial charge on any atom is 0.243 e. The molecule has 1 aliphatic rings. The molecule has 0 spiro atoms. The normalized spacial score (nSPS) is 16.3. The zero-order valence-corrected chi connectivity index (χ0v) is 19.8. The summed E-state index contributed by atoms with van der Waals surface area (Å²) in [7, 11) is -7.48. The van der Waals surface area contributed by atoms with Crippen molar-refractivity contribution < 1.29 is 21.6 Å². The Labute approximate surface area is 194 Å². The van der Waals surface area contributed by atoms with E-state index in [1.54, 1.807) is 0 Å². The topological polar surface area (TPSA) is 140 Å². The summed E-state index contributed by atoms with van der Waals surface area (Å²) in [6.45, 7) is 0.446. The van der Waals surface area contributed by atoms with Crippen LogP contribution in [0.4, 0.5) is 5.13 Å². The van der Waals surface area contributed by atoms with Gasteiger partial charge >= 0.3 is 0 Å². The summed E-state index contributed by atoms with van der Waals surface area (Å²) >= 11 is 6.97. The molecule has 0 unspecified atom stereocenters. The second kappa shape index (κ2) is 8.69. The highest BCUT2D eigenvalue weighted by Crippen LogP contribution is 2.30. The number of anilines is 1. The smallest absolute Gasteiger partial charge is 0.243 e. The van der Waals surface area contributed by atoms with Crippen LogP contribution in [-0.4, -0.2) is 45.1 Å². The molecule has 0 saturated carbocycles. The molecule has 32 heavy (non-hydrogen) atoms. The van der Waals surface area contributed by atoms with Gasteiger partial charge in [-0.15, -0.1) is 0 Å². The largest absolute Gasteiger partial charge is 0.302 e. The summed E-state index contributed by atoms with van der Waals surface area (Å²) in [4.78, 5) is 17.1. The van der Waals surface area contributed by atoms with E-state index in [9.17, 15) is 21.6 Å². The van der Waals surface area contributed by atoms with Crippen LogP contribution in [0.3, 0.4) is 0 Å². The number of nitrogens with one attached hydrogen (secondary N) is 1. The van der Waals surface area contributed by atoms with Crippen LogP contribution < -0.4 is 10.5 Å². The van der Waals surface area contributed by atoms with Crippen LogP contribution in [0.15, 0.2) is 52.3 Å². The summed E-state index contributed by atoms with van der Waals surface area (Å²) in [6.07, 6.45) is 0.748. The first-order valence-corrected chi connectivity index (χ1v) is 13.7. The molecular weight excluding hydrogens is 496 g/mol. The molecule has 1 amide bonds. The number of rotatable bonds is 5. The number of nitrogens with zero attached hydrogens (tertiary/aromatic N) is 2. The molecule has 2 heterocycles. The number of hydrogen-bond acceptors (Lipinski definition) is 7. The standard InChI is InChI=1S/C19H19ClN4O5S3/c20-13-1-3-14(4-2-13)32(28,29)24-9-7-12(8-10-24)18(25)23-19-22-16-6-5-15(31(21,26)27)11-17(16)30-19/h1-6,11-12H,7-10H2,(H2,21,26,27)(H,22,23,25). The van der Waals surface area contributed by atoms with E-state index in [0.717, 1.165) is 11.3 Å². The van der Waals surface area contributed by atoms with Gasteiger partial charge < -0.3 is 5.32 Å². The quantitative estimate of drug-likeness (QED) is 0.536. The highest BCUT2D eigenvalue weighted by molar-refractivity contribution is 7.89. The van der Waals surface area contributed by atoms with Gasteiger partial charge in [0.1, 0.15) is 0 Å². The summed E-state index contributed by atoms with van der Waals surface area (Å²) in [5.74, 6) is -0.613. The maximum atomic E-state index is 12.8. The molecule has 13 heteroatoms. The number of hydrogen-bond donors (Lipinski definition) is 2. The molecule has 2 aromatic carbocycles. The SMILES string of the molecule is NS(=O)(=O)c1ccc2nc(NC(=O)C3CCN(S(=O)(=O)c4ccc(Cl)cc4)CC3)sc2c1. The summed E-state index contributed by atoms with van der Waals surface area (Å²) < 4.78 is 50.5. The number of piperidine rings is 1. The van der Waals surface area contributed by atoms with Crippen molar-refractivity contribution in [2.24, 2.45) is 11.1 Å². The van der Waals surface area contributed by atoms with Crippen molar-refractivity contribution in [1.29, 1.82) is 0 Å². The van der Waals surface area contributed by atoms with E-state index in [4.69, 9.17) is 16.7 Å². The number of aromatic nitrogens is 1. The van der Waals surface area contributed by atoms with Crippen LogP contribution in [0.5, 0.6) is 0 Å². The Balaban J connectivity index is 1.41. The molecule has 1 aliphatic heterocycles. The second-order valence-electron chi connectivity index (χ2n) is 7.32. The number of carbonyl (C=O) groups excluding carboxylic acids is 1. The number of amides is 1. The van der Waals surface area contributed by atoms with E-state index in [1.165, 1.54) is 46.8 Å². The molecule has 1 fully saturated rings. The van der Waals surface area contributed by atoms with Gasteiger partial charge in [0, 0.05) is 24.0 Å². The van der Waals surface area contributed by atoms with Crippen LogP contribution >= 0.6 is 22.9 Å². The van der Waals surface area contributed by atoms with Crippen LogP contribution in [0, 0.1) is 5.92 Å². The fourth-order valence-corrected chi connectivity index (χ4v) is 6.58. The Morgan fingerprint density at radius 3 is 2.31 bits per heavy atom. The summed E-state index contributed by atoms with van der Waals surface area (Å²) in [6, 6.07) is 10.3. The molecular formula is C19H19ClN4O5S3. The monoisotopic (exact) mass is 514 g/mol. The number of sulfonamides is 2. The predicted molar refractivity (Wildman–Crippen MR) is 123 cm³/mol. The van der Waals surface area contributed by atoms with Crippen molar-refractivity contribution in [3.63, 3.8) is 0 Å². The van der Waals surface area contributed by atoms with Gasteiger partial charge in [0.15, 0.2) is 5.13 Å². The lowest BCUT2D eigenvalue weighted by atomic mass is 9.97. The molecule has 9 nitrogen and oxygen atoms in total. The fourth-order valence-electron chi connectivity index (χ4n) is 3.46. The summed E-state index contributed by atoms with van der Waals surface area (Å²) in [5.41, 5.74) is 0.543. The molecule has 170 valence electrons. The second-order valence-corrected chi connectivity index (χ2v) is 12.3. The van der Waals surface area contributed by atoms with Gasteiger partial charge in [-0.25, -0.2) is 27.0 Å². The van der Waals surface area contributed by atoms with E-state index in [-0.39, 0.29) is 34.7 Å². The van der Waals surface area contributed by atoms with Crippen molar-refractivity contribution in [2.45, 2.75) is 22.6 Å². The van der Waals surface area contributed by atoms with Crippen molar-refractivity contribution in [3.05, 3.63) is 47.5 Å². The number of fused-ring (bicyclic) bond motifs is 1. The Morgan fingerprint density at radius 2 is 1.69 bits per heavy atom. The van der Waals surface area contributed by atoms with Crippen molar-refractivity contribution >= 4 is 64.2 Å². The van der Waals surface area contributed by atoms with Gasteiger partial charge in [-0.1, -0.05) is 22.9 Å². The average Bonchev–Trinajstić information content (AvgIpc) is 3.15. The Bertz CT molecular complexity index is 1380. The van der Waals surface area contributed by atoms with Gasteiger partial charge in [-0.05, 0) is 55.3 Å². The minimum Gasteiger partial charge on any atom is -0.302 e. The third-order valence-corrected chi connectivity index (χ3v) is 9.20. The summed E-state index contributed by atoms with van der Waals surface area (Å²) in [5, 5.41) is 8.70. The Hall–Kier alpha value is -2.09. The molecule has 3 N–H and O–H groups in total. The number of carbonyl (C=O) groups is 1. The van der Waals surface area contributed by atoms with E-state index in [0.29, 0.717) is 33.2 Å². The minimum absolute atomic E-state index is 0.0270. The third kappa shape index (κ3) is 4.80. The highest BCUT2D eigenvalue weighted by Gasteiger charge is 2.32. The maximum absolute atomic E-state index is 12.8. The molecule has 1 saturated heterocycles. The van der Waals surface area contributed by atoms with Gasteiger partial charge in [-0.2, -0.15) is 4.31 Å². The van der Waals surface area contributed by atoms with Crippen LogP contribution in [0.25, 0.3) is 10.2 Å². The first kappa shape index (κ1) is 23.1. The zero-order valence-electron chi connectivity index (χ0n) is 16.6. The molecule has 0 radical (unpaired) electrons. The molecule has 0 bridgehead atoms. The molecule has 0 atom stereocenters. The van der Waals surface area contributed by atoms with Crippen LogP contribution in [0.1, 0.15) is 12.8 Å². The first-order chi connectivity index (χ1) is 15.0. The van der Waals surface area contributed by atoms with Gasteiger partial charge in [0.25, 0.3) is 0 Å². The van der Waals surface area contributed by atoms with E-state index < -0.39 is 20.0 Å². The average molecular weight is 515 g/mol. The molecule has 3 aromatic rings. The predicted octanol–water partition coefficient (Wildman–Crippen LogP) is 2.64. The highest BCUT2D eigenvalue weighted by atomic mass is 35.5. The lowest BCUT2D eigenvalue weighted by molar-refractivity contribution is -0.120. The van der Waals surface area contributed by atoms with E-state index in [1.807, 2.05) is 0 Å². The number of nitrogens with two attached hydrogens (primary N) is 1. The number of benzene rings is 2. The third-order valence-electron chi connectivity index (χ3n) is 5.19. The van der Waals surface area contributed by atoms with Gasteiger partial charge in [0.2, 0.25) is 26.0 Å². The van der Waals surface area contributed by atoms with Gasteiger partial charge in [-0.3, -0.25) is 4.79 Å². The van der Waals surface area contributed by atoms with Crippen molar-refractivity contribution in [3.8, 4) is 0 Å². The van der Waals surface area contributed by atoms with Crippen LogP contribution in [-0.2, 0) is 24.8 Å². The van der Waals surface area contributed by atoms with E-state index >= 15 is 0 Å². The van der Waals surface area contributed by atoms with E-state index in [2.05, 4.69) is 10.3 Å². The Kier molecular flexibility index (Phi) is 6.27. The zero-order chi connectivity index (χ0) is 23.1. The van der Waals surface area contributed by atoms with Crippen molar-refractivity contribution in [1.82, 2.24) is 9.29 Å². The molecule has 0 aliphatic carbocycles. The lowest BCUT2D eigenvalue weighted by Crippen LogP contribution is -2.41. The number of primary sulfonamides is 1. The Morgan fingerprint density at radius 1 is 1.06 bits per heavy atom. The van der Waals surface area contributed by atoms with Crippen LogP contribution in [0.2, 0.25) is 5.02 Å². The number of thiazole rings is 1. The number of halogens is 1. The minimum atomic E-state index is -3.83. The lowest BCUT2D eigenvalue weighted by Gasteiger charge is -2.30. The molecule has 1 aromatic heterocycles.